The predicted octanol–water partition coefficient (Wildman–Crippen LogP) is 1.89. The number of non-ortho nitro benzene ring substituents is 1. The van der Waals surface area contributed by atoms with Gasteiger partial charge in [0.25, 0.3) is 23.4 Å². The van der Waals surface area contributed by atoms with E-state index in [-0.39, 0.29) is 41.4 Å². The van der Waals surface area contributed by atoms with E-state index in [0.29, 0.717) is 4.90 Å². The number of amides is 3. The monoisotopic (exact) mass is 395 g/mol. The van der Waals surface area contributed by atoms with Gasteiger partial charge in [-0.1, -0.05) is 5.92 Å². The average Bonchev–Trinajstić information content (AvgIpc) is 2.94. The van der Waals surface area contributed by atoms with Gasteiger partial charge in [0.1, 0.15) is 5.75 Å². The van der Waals surface area contributed by atoms with E-state index in [2.05, 4.69) is 5.92 Å². The molecule has 2 heterocycles. The third-order valence-corrected chi connectivity index (χ3v) is 4.54. The Labute approximate surface area is 162 Å². The lowest BCUT2D eigenvalue weighted by Gasteiger charge is -2.29. The molecule has 3 amide bonds. The Bertz CT molecular complexity index is 1170. The highest BCUT2D eigenvalue weighted by Gasteiger charge is 2.40. The van der Waals surface area contributed by atoms with Crippen LogP contribution in [0.2, 0.25) is 0 Å². The number of nitro benzene ring substituents is 1. The molecule has 144 valence electrons. The van der Waals surface area contributed by atoms with Gasteiger partial charge in [-0.2, -0.15) is 0 Å². The molecule has 10 heteroatoms. The van der Waals surface area contributed by atoms with Gasteiger partial charge < -0.3 is 4.74 Å². The fourth-order valence-electron chi connectivity index (χ4n) is 3.21. The second-order valence-corrected chi connectivity index (χ2v) is 6.18. The zero-order chi connectivity index (χ0) is 20.9. The number of rotatable bonds is 3. The molecule has 0 atom stereocenters. The first-order chi connectivity index (χ1) is 13.8. The molecule has 2 aromatic rings. The van der Waals surface area contributed by atoms with Crippen LogP contribution in [0.4, 0.5) is 21.5 Å². The minimum absolute atomic E-state index is 0.0355. The normalized spacial score (nSPS) is 15.0. The molecule has 2 aliphatic rings. The maximum Gasteiger partial charge on any atom is 0.270 e. The number of benzene rings is 2. The molecular weight excluding hydrogens is 385 g/mol. The first-order valence-corrected chi connectivity index (χ1v) is 8.21. The summed E-state index contributed by atoms with van der Waals surface area (Å²) in [6, 6.07) is 5.25. The molecule has 0 aromatic heterocycles. The maximum atomic E-state index is 14.7. The summed E-state index contributed by atoms with van der Waals surface area (Å²) in [5.41, 5.74) is -0.993. The maximum absolute atomic E-state index is 14.7. The Morgan fingerprint density at radius 3 is 2.55 bits per heavy atom. The van der Waals surface area contributed by atoms with Crippen molar-refractivity contribution in [2.45, 2.75) is 0 Å². The molecule has 0 radical (unpaired) electrons. The van der Waals surface area contributed by atoms with E-state index < -0.39 is 34.1 Å². The molecule has 0 bridgehead atoms. The van der Waals surface area contributed by atoms with Gasteiger partial charge in [-0.3, -0.25) is 29.4 Å². The Morgan fingerprint density at radius 2 is 1.86 bits per heavy atom. The summed E-state index contributed by atoms with van der Waals surface area (Å²) >= 11 is 0. The van der Waals surface area contributed by atoms with Crippen molar-refractivity contribution >= 4 is 34.8 Å². The van der Waals surface area contributed by atoms with Gasteiger partial charge in [0, 0.05) is 18.2 Å². The summed E-state index contributed by atoms with van der Waals surface area (Å²) in [5.74, 6) is -0.828. The number of carbonyl (C=O) groups is 3. The summed E-state index contributed by atoms with van der Waals surface area (Å²) < 4.78 is 19.9. The Kier molecular flexibility index (Phi) is 4.01. The number of anilines is 2. The molecule has 0 aliphatic carbocycles. The van der Waals surface area contributed by atoms with Crippen molar-refractivity contribution in [3.63, 3.8) is 0 Å². The fraction of sp³-hybridized carbons (Fsp3) is 0.105. The summed E-state index contributed by atoms with van der Waals surface area (Å²) in [6.07, 6.45) is 5.28. The van der Waals surface area contributed by atoms with Crippen molar-refractivity contribution in [2.75, 3.05) is 23.0 Å². The van der Waals surface area contributed by atoms with E-state index in [1.807, 2.05) is 0 Å². The average molecular weight is 395 g/mol. The number of nitrogens with zero attached hydrogens (tertiary/aromatic N) is 3. The lowest BCUT2D eigenvalue weighted by atomic mass is 10.1. The van der Waals surface area contributed by atoms with E-state index in [1.165, 1.54) is 4.90 Å². The van der Waals surface area contributed by atoms with Gasteiger partial charge in [-0.05, 0) is 12.1 Å². The van der Waals surface area contributed by atoms with Crippen LogP contribution in [0.5, 0.6) is 5.75 Å². The zero-order valence-corrected chi connectivity index (χ0v) is 14.5. The van der Waals surface area contributed by atoms with Gasteiger partial charge in [0.2, 0.25) is 0 Å². The highest BCUT2D eigenvalue weighted by atomic mass is 19.1. The summed E-state index contributed by atoms with van der Waals surface area (Å²) in [6.45, 7) is -0.446. The number of nitro groups is 1. The van der Waals surface area contributed by atoms with Crippen molar-refractivity contribution < 1.29 is 28.4 Å². The summed E-state index contributed by atoms with van der Waals surface area (Å²) in [4.78, 5) is 49.5. The van der Waals surface area contributed by atoms with E-state index in [0.717, 1.165) is 30.3 Å². The van der Waals surface area contributed by atoms with Crippen LogP contribution in [0.15, 0.2) is 30.3 Å². The highest BCUT2D eigenvalue weighted by molar-refractivity contribution is 6.34. The van der Waals surface area contributed by atoms with Crippen LogP contribution in [0.3, 0.4) is 0 Å². The molecule has 9 nitrogen and oxygen atoms in total. The van der Waals surface area contributed by atoms with Crippen LogP contribution in [0, 0.1) is 28.3 Å². The van der Waals surface area contributed by atoms with Crippen molar-refractivity contribution in [3.8, 4) is 18.1 Å². The first-order valence-electron chi connectivity index (χ1n) is 8.21. The van der Waals surface area contributed by atoms with Gasteiger partial charge >= 0.3 is 0 Å². The van der Waals surface area contributed by atoms with Crippen LogP contribution in [-0.2, 0) is 4.79 Å². The number of imide groups is 1. The fourth-order valence-corrected chi connectivity index (χ4v) is 3.21. The topological polar surface area (TPSA) is 110 Å². The second-order valence-electron chi connectivity index (χ2n) is 6.18. The van der Waals surface area contributed by atoms with Crippen molar-refractivity contribution in [2.24, 2.45) is 0 Å². The molecule has 4 rings (SSSR count). The number of ether oxygens (including phenoxy) is 1. The minimum Gasteiger partial charge on any atom is -0.481 e. The smallest absolute Gasteiger partial charge is 0.270 e. The lowest BCUT2D eigenvalue weighted by Crippen LogP contribution is -2.39. The van der Waals surface area contributed by atoms with E-state index in [4.69, 9.17) is 11.2 Å². The number of carbonyl (C=O) groups excluding carboxylic acids is 3. The minimum atomic E-state index is -0.942. The number of fused-ring (bicyclic) bond motifs is 2. The van der Waals surface area contributed by atoms with E-state index in [1.54, 1.807) is 0 Å². The number of hydrogen-bond acceptors (Lipinski definition) is 6. The first kappa shape index (κ1) is 18.1. The molecule has 0 fully saturated rings. The number of halogens is 1. The van der Waals surface area contributed by atoms with E-state index >= 15 is 0 Å². The molecule has 0 unspecified atom stereocenters. The molecule has 0 saturated heterocycles. The van der Waals surface area contributed by atoms with Gasteiger partial charge in [-0.15, -0.1) is 6.42 Å². The lowest BCUT2D eigenvalue weighted by molar-refractivity contribution is -0.384. The zero-order valence-electron chi connectivity index (χ0n) is 14.5. The van der Waals surface area contributed by atoms with E-state index in [9.17, 15) is 28.9 Å². The van der Waals surface area contributed by atoms with Crippen molar-refractivity contribution in [1.82, 2.24) is 0 Å². The Balaban J connectivity index is 1.82. The molecule has 0 spiro atoms. The Hall–Kier alpha value is -4.26. The van der Waals surface area contributed by atoms with Crippen LogP contribution in [-0.4, -0.2) is 35.8 Å². The molecule has 2 aromatic carbocycles. The third-order valence-electron chi connectivity index (χ3n) is 4.54. The second kappa shape index (κ2) is 6.42. The Morgan fingerprint density at radius 1 is 1.14 bits per heavy atom. The number of hydrogen-bond donors (Lipinski definition) is 0. The van der Waals surface area contributed by atoms with Crippen LogP contribution >= 0.6 is 0 Å². The number of terminal acetylenes is 1. The third kappa shape index (κ3) is 2.68. The predicted molar refractivity (Wildman–Crippen MR) is 97.3 cm³/mol. The quantitative estimate of drug-likeness (QED) is 0.340. The van der Waals surface area contributed by atoms with Crippen molar-refractivity contribution in [1.29, 1.82) is 0 Å². The van der Waals surface area contributed by atoms with Crippen molar-refractivity contribution in [3.05, 3.63) is 57.4 Å². The SMILES string of the molecule is C#CCN1C(=O)COc2cc(F)c(N3C(=O)c4ccc([N+](=O)[O-])cc4C3=O)cc21. The van der Waals surface area contributed by atoms with Gasteiger partial charge in [0.05, 0.1) is 34.0 Å². The van der Waals surface area contributed by atoms with Crippen LogP contribution in [0.25, 0.3) is 0 Å². The summed E-state index contributed by atoms with van der Waals surface area (Å²) in [5, 5.41) is 11.0. The largest absolute Gasteiger partial charge is 0.481 e. The standard InChI is InChI=1S/C19H10FN3O6/c1-2-5-21-15-8-14(13(20)7-16(15)29-9-17(21)24)22-18(25)11-4-3-10(23(27)28)6-12(11)19(22)26/h1,3-4,6-8H,5,9H2. The highest BCUT2D eigenvalue weighted by Crippen LogP contribution is 2.40. The molecule has 2 aliphatic heterocycles. The van der Waals surface area contributed by atoms with Gasteiger partial charge in [-0.25, -0.2) is 9.29 Å². The molecular formula is C19H10FN3O6. The van der Waals surface area contributed by atoms with Crippen LogP contribution in [0.1, 0.15) is 20.7 Å². The summed E-state index contributed by atoms with van der Waals surface area (Å²) in [7, 11) is 0. The van der Waals surface area contributed by atoms with Gasteiger partial charge in [0.15, 0.2) is 12.4 Å². The molecule has 0 saturated carbocycles. The molecule has 0 N–H and O–H groups in total. The molecule has 29 heavy (non-hydrogen) atoms. The van der Waals surface area contributed by atoms with Crippen LogP contribution < -0.4 is 14.5 Å².